The molecule has 0 N–H and O–H groups in total. The van der Waals surface area contributed by atoms with E-state index in [1.165, 1.54) is 0 Å². The molecule has 11 nitrogen and oxygen atoms in total. The van der Waals surface area contributed by atoms with Crippen LogP contribution < -0.4 is 9.47 Å². The van der Waals surface area contributed by atoms with Gasteiger partial charge >= 0.3 is 5.97 Å². The lowest BCUT2D eigenvalue weighted by Crippen LogP contribution is -2.46. The van der Waals surface area contributed by atoms with Gasteiger partial charge in [0.15, 0.2) is 0 Å². The zero-order chi connectivity index (χ0) is 33.1. The Morgan fingerprint density at radius 1 is 1.04 bits per heavy atom. The topological polar surface area (TPSA) is 134 Å². The lowest BCUT2D eigenvalue weighted by atomic mass is 9.77. The van der Waals surface area contributed by atoms with Crippen molar-refractivity contribution < 1.29 is 28.6 Å². The van der Waals surface area contributed by atoms with Crippen LogP contribution in [0.25, 0.3) is 11.0 Å². The van der Waals surface area contributed by atoms with Gasteiger partial charge in [-0.05, 0) is 55.6 Å². The van der Waals surface area contributed by atoms with E-state index in [1.807, 2.05) is 45.9 Å². The molecular weight excluding hydrogens is 598 g/mol. The van der Waals surface area contributed by atoms with Crippen molar-refractivity contribution in [3.05, 3.63) is 48.2 Å². The molecule has 250 valence electrons. The molecule has 0 radical (unpaired) electrons. The summed E-state index contributed by atoms with van der Waals surface area (Å²) in [6.07, 6.45) is 11.3. The quantitative estimate of drug-likeness (QED) is 0.267. The number of ether oxygens (including phenoxy) is 3. The van der Waals surface area contributed by atoms with Gasteiger partial charge in [0, 0.05) is 24.4 Å². The minimum atomic E-state index is -0.675. The number of rotatable bonds is 5. The molecule has 1 aromatic carbocycles. The number of carbonyl (C=O) groups excluding carboxylic acids is 3. The number of carbonyl (C=O) groups is 3. The fourth-order valence-electron chi connectivity index (χ4n) is 6.94. The summed E-state index contributed by atoms with van der Waals surface area (Å²) >= 11 is 0. The van der Waals surface area contributed by atoms with E-state index in [9.17, 15) is 14.4 Å². The zero-order valence-electron chi connectivity index (χ0n) is 27.8. The van der Waals surface area contributed by atoms with Crippen molar-refractivity contribution in [3.63, 3.8) is 0 Å². The van der Waals surface area contributed by atoms with Gasteiger partial charge in [-0.15, -0.1) is 0 Å². The Bertz CT molecular complexity index is 1590. The molecule has 11 heteroatoms. The molecule has 2 bridgehead atoms. The van der Waals surface area contributed by atoms with Crippen LogP contribution >= 0.6 is 0 Å². The number of aromatic nitrogens is 4. The van der Waals surface area contributed by atoms with Crippen molar-refractivity contribution >= 4 is 29.2 Å². The van der Waals surface area contributed by atoms with E-state index in [2.05, 4.69) is 9.97 Å². The van der Waals surface area contributed by atoms with Gasteiger partial charge < -0.3 is 23.9 Å². The monoisotopic (exact) mass is 643 g/mol. The standard InChI is InChI=1S/C36H45N5O6/c1-5-25-30(20-42)41-19-32(25)47-34-28(39-27-12-11-24(16-29(27)40-34)45-21-23-18-37-13-14-38-23)10-8-6-7-9-22-15-31(22)46-33(43)17-26(35(41)44)36(2,3)4/h11-14,16,18,20,22,25-26,30-32H,5-10,15,17,19,21H2,1-4H3/t22-,25+,26-,30-,31-,32+/m1/s1. The molecule has 3 aromatic rings. The molecule has 0 spiro atoms. The Kier molecular flexibility index (Phi) is 9.70. The fraction of sp³-hybridized carbons (Fsp3) is 0.583. The largest absolute Gasteiger partial charge is 0.487 e. The number of aldehydes is 1. The molecule has 47 heavy (non-hydrogen) atoms. The van der Waals surface area contributed by atoms with Crippen molar-refractivity contribution in [1.82, 2.24) is 24.8 Å². The van der Waals surface area contributed by atoms with Gasteiger partial charge in [-0.2, -0.15) is 0 Å². The zero-order valence-corrected chi connectivity index (χ0v) is 27.8. The van der Waals surface area contributed by atoms with Crippen LogP contribution in [-0.4, -0.2) is 67.8 Å². The van der Waals surface area contributed by atoms with Crippen LogP contribution in [0.4, 0.5) is 0 Å². The molecular formula is C36H45N5O6. The summed E-state index contributed by atoms with van der Waals surface area (Å²) in [5, 5.41) is 0. The predicted octanol–water partition coefficient (Wildman–Crippen LogP) is 5.28. The second kappa shape index (κ2) is 13.9. The summed E-state index contributed by atoms with van der Waals surface area (Å²) < 4.78 is 18.5. The molecule has 6 rings (SSSR count). The Morgan fingerprint density at radius 2 is 1.89 bits per heavy atom. The van der Waals surface area contributed by atoms with Crippen LogP contribution in [0.15, 0.2) is 36.8 Å². The van der Waals surface area contributed by atoms with Crippen LogP contribution in [0.1, 0.15) is 84.0 Å². The second-order valence-electron chi connectivity index (χ2n) is 14.2. The Hall–Kier alpha value is -4.15. The van der Waals surface area contributed by atoms with Gasteiger partial charge in [0.25, 0.3) is 0 Å². The van der Waals surface area contributed by atoms with Crippen LogP contribution in [0.2, 0.25) is 0 Å². The van der Waals surface area contributed by atoms with Crippen LogP contribution in [0.3, 0.4) is 0 Å². The number of benzene rings is 1. The third kappa shape index (κ3) is 7.55. The fourth-order valence-corrected chi connectivity index (χ4v) is 6.94. The first-order chi connectivity index (χ1) is 22.6. The van der Waals surface area contributed by atoms with Crippen LogP contribution in [-0.2, 0) is 32.1 Å². The van der Waals surface area contributed by atoms with E-state index >= 15 is 0 Å². The molecule has 2 aliphatic heterocycles. The van der Waals surface area contributed by atoms with E-state index in [0.29, 0.717) is 41.6 Å². The SMILES string of the molecule is CC[C@@H]1[C@@H]2CN(C(=O)[C@H](C(C)(C)C)CC(=O)O[C@@H]3C[C@H]3CCCCCc3nc4ccc(OCc5cnccn5)cc4nc3O2)[C@@H]1C=O. The normalized spacial score (nSPS) is 27.1. The smallest absolute Gasteiger partial charge is 0.306 e. The van der Waals surface area contributed by atoms with E-state index in [-0.39, 0.29) is 43.5 Å². The molecule has 1 saturated heterocycles. The first-order valence-electron chi connectivity index (χ1n) is 16.9. The molecule has 2 fully saturated rings. The number of hydrogen-bond donors (Lipinski definition) is 0. The van der Waals surface area contributed by atoms with E-state index in [1.54, 1.807) is 23.5 Å². The highest BCUT2D eigenvalue weighted by Crippen LogP contribution is 2.41. The lowest BCUT2D eigenvalue weighted by Gasteiger charge is -2.34. The number of hydrogen-bond acceptors (Lipinski definition) is 10. The van der Waals surface area contributed by atoms with Crippen molar-refractivity contribution in [1.29, 1.82) is 0 Å². The molecule has 4 heterocycles. The number of fused-ring (bicyclic) bond motifs is 5. The van der Waals surface area contributed by atoms with Gasteiger partial charge in [-0.25, -0.2) is 9.97 Å². The van der Waals surface area contributed by atoms with E-state index in [4.69, 9.17) is 24.2 Å². The van der Waals surface area contributed by atoms with Crippen molar-refractivity contribution in [2.45, 2.75) is 104 Å². The summed E-state index contributed by atoms with van der Waals surface area (Å²) in [5.41, 5.74) is 2.32. The third-order valence-corrected chi connectivity index (χ3v) is 9.83. The number of aryl methyl sites for hydroxylation is 1. The highest BCUT2D eigenvalue weighted by Gasteiger charge is 2.49. The van der Waals surface area contributed by atoms with Gasteiger partial charge in [0.2, 0.25) is 11.8 Å². The van der Waals surface area contributed by atoms with Gasteiger partial charge in [0.05, 0.1) is 47.8 Å². The molecule has 0 unspecified atom stereocenters. The minimum absolute atomic E-state index is 0.0164. The minimum Gasteiger partial charge on any atom is -0.487 e. The maximum atomic E-state index is 14.2. The lowest BCUT2D eigenvalue weighted by molar-refractivity contribution is -0.153. The summed E-state index contributed by atoms with van der Waals surface area (Å²) in [5.74, 6) is -0.0380. The Labute approximate surface area is 275 Å². The van der Waals surface area contributed by atoms with Gasteiger partial charge in [-0.3, -0.25) is 19.6 Å². The molecule has 2 aromatic heterocycles. The predicted molar refractivity (Wildman–Crippen MR) is 173 cm³/mol. The maximum absolute atomic E-state index is 14.2. The second-order valence-corrected chi connectivity index (χ2v) is 14.2. The van der Waals surface area contributed by atoms with Crippen LogP contribution in [0, 0.1) is 23.2 Å². The summed E-state index contributed by atoms with van der Waals surface area (Å²) in [4.78, 5) is 59.7. The van der Waals surface area contributed by atoms with Crippen molar-refractivity contribution in [2.24, 2.45) is 23.2 Å². The highest BCUT2D eigenvalue weighted by atomic mass is 16.5. The number of nitrogens with zero attached hydrogens (tertiary/aromatic N) is 5. The van der Waals surface area contributed by atoms with Gasteiger partial charge in [0.1, 0.15) is 36.5 Å². The Morgan fingerprint density at radius 3 is 2.64 bits per heavy atom. The molecule has 1 amide bonds. The third-order valence-electron chi connectivity index (χ3n) is 9.83. The summed E-state index contributed by atoms with van der Waals surface area (Å²) in [7, 11) is 0. The first-order valence-corrected chi connectivity index (χ1v) is 16.9. The molecule has 6 atom stereocenters. The first kappa shape index (κ1) is 32.8. The number of amides is 1. The highest BCUT2D eigenvalue weighted by molar-refractivity contribution is 5.87. The molecule has 1 aliphatic carbocycles. The van der Waals surface area contributed by atoms with E-state index < -0.39 is 23.5 Å². The molecule has 1 saturated carbocycles. The summed E-state index contributed by atoms with van der Waals surface area (Å²) in [6, 6.07) is 4.93. The van der Waals surface area contributed by atoms with Crippen molar-refractivity contribution in [3.8, 4) is 11.6 Å². The van der Waals surface area contributed by atoms with E-state index in [0.717, 1.165) is 49.6 Å². The van der Waals surface area contributed by atoms with Gasteiger partial charge in [-0.1, -0.05) is 40.5 Å². The average molecular weight is 644 g/mol. The number of esters is 1. The van der Waals surface area contributed by atoms with Crippen molar-refractivity contribution in [2.75, 3.05) is 6.54 Å². The maximum Gasteiger partial charge on any atom is 0.306 e. The Balaban J connectivity index is 1.32. The summed E-state index contributed by atoms with van der Waals surface area (Å²) in [6.45, 7) is 8.34. The molecule has 3 aliphatic rings. The van der Waals surface area contributed by atoms with Crippen LogP contribution in [0.5, 0.6) is 11.6 Å². The average Bonchev–Trinajstić information content (AvgIpc) is 3.68.